The minimum atomic E-state index is 0.740. The Labute approximate surface area is 137 Å². The van der Waals surface area contributed by atoms with Crippen LogP contribution in [0.3, 0.4) is 0 Å². The van der Waals surface area contributed by atoms with E-state index in [4.69, 9.17) is 0 Å². The average molecular weight is 300 g/mol. The molecule has 0 fully saturated rings. The van der Waals surface area contributed by atoms with Crippen molar-refractivity contribution < 1.29 is 0 Å². The van der Waals surface area contributed by atoms with Crippen LogP contribution in [0.1, 0.15) is 58.2 Å². The molecule has 22 heavy (non-hydrogen) atoms. The van der Waals surface area contributed by atoms with Gasteiger partial charge in [0.05, 0.1) is 11.3 Å². The average Bonchev–Trinajstić information content (AvgIpc) is 2.60. The second-order valence-corrected chi connectivity index (χ2v) is 3.96. The minimum Gasteiger partial charge on any atom is -0.387 e. The number of nitrogens with one attached hydrogen (secondary N) is 1. The molecule has 122 valence electrons. The molecule has 1 N–H and O–H groups in total. The van der Waals surface area contributed by atoms with Gasteiger partial charge in [0.1, 0.15) is 6.07 Å². The lowest BCUT2D eigenvalue weighted by Gasteiger charge is -2.12. The van der Waals surface area contributed by atoms with Crippen molar-refractivity contribution in [2.24, 2.45) is 0 Å². The van der Waals surface area contributed by atoms with E-state index in [1.807, 2.05) is 67.6 Å². The van der Waals surface area contributed by atoms with Gasteiger partial charge in [-0.1, -0.05) is 59.7 Å². The summed E-state index contributed by atoms with van der Waals surface area (Å²) in [6, 6.07) is 10.5. The molecule has 0 aliphatic heterocycles. The van der Waals surface area contributed by atoms with Crippen molar-refractivity contribution in [2.75, 3.05) is 12.4 Å². The first-order chi connectivity index (χ1) is 10.7. The van der Waals surface area contributed by atoms with Gasteiger partial charge in [0.25, 0.3) is 0 Å². The summed E-state index contributed by atoms with van der Waals surface area (Å²) in [7, 11) is 1.84. The Morgan fingerprint density at radius 3 is 1.95 bits per heavy atom. The van der Waals surface area contributed by atoms with Crippen LogP contribution in [0.5, 0.6) is 0 Å². The number of fused-ring (bicyclic) bond motifs is 1. The van der Waals surface area contributed by atoms with Crippen LogP contribution in [0.4, 0.5) is 5.69 Å². The molecular weight excluding hydrogens is 268 g/mol. The van der Waals surface area contributed by atoms with Crippen molar-refractivity contribution in [3.8, 4) is 6.07 Å². The van der Waals surface area contributed by atoms with Gasteiger partial charge in [-0.25, -0.2) is 0 Å². The highest BCUT2D eigenvalue weighted by Crippen LogP contribution is 2.30. The van der Waals surface area contributed by atoms with Gasteiger partial charge in [0, 0.05) is 7.05 Å². The van der Waals surface area contributed by atoms with Crippen LogP contribution in [0.15, 0.2) is 24.3 Å². The molecule has 0 atom stereocenters. The van der Waals surface area contributed by atoms with E-state index in [0.717, 1.165) is 16.8 Å². The Balaban J connectivity index is 0. The van der Waals surface area contributed by atoms with Crippen LogP contribution in [-0.4, -0.2) is 7.05 Å². The molecule has 0 amide bonds. The number of anilines is 1. The summed E-state index contributed by atoms with van der Waals surface area (Å²) in [6.45, 7) is 16.1. The summed E-state index contributed by atoms with van der Waals surface area (Å²) in [6.07, 6.45) is 0. The first-order valence-electron chi connectivity index (χ1n) is 8.29. The molecule has 0 radical (unpaired) electrons. The molecule has 0 bridgehead atoms. The van der Waals surface area contributed by atoms with Crippen molar-refractivity contribution >= 4 is 16.5 Å². The molecule has 0 unspecified atom stereocenters. The number of benzene rings is 2. The van der Waals surface area contributed by atoms with Gasteiger partial charge in [-0.3, -0.25) is 0 Å². The number of nitriles is 1. The predicted octanol–water partition coefficient (Wildman–Crippen LogP) is 6.45. The van der Waals surface area contributed by atoms with Crippen molar-refractivity contribution in [3.05, 3.63) is 41.0 Å². The zero-order valence-electron chi connectivity index (χ0n) is 15.8. The highest BCUT2D eigenvalue weighted by Gasteiger charge is 2.10. The molecule has 0 heterocycles. The zero-order valence-corrected chi connectivity index (χ0v) is 15.8. The summed E-state index contributed by atoms with van der Waals surface area (Å²) in [5.41, 5.74) is 3.92. The van der Waals surface area contributed by atoms with Crippen molar-refractivity contribution in [2.45, 2.75) is 55.4 Å². The first-order valence-corrected chi connectivity index (χ1v) is 8.29. The molecule has 0 aliphatic carbocycles. The normalized spacial score (nSPS) is 8.18. The summed E-state index contributed by atoms with van der Waals surface area (Å²) in [5.74, 6) is 0. The Kier molecular flexibility index (Phi) is 12.9. The molecule has 2 aromatic carbocycles. The molecule has 2 aromatic rings. The highest BCUT2D eigenvalue weighted by molar-refractivity contribution is 5.94. The fourth-order valence-corrected chi connectivity index (χ4v) is 2.22. The first kappa shape index (κ1) is 22.3. The summed E-state index contributed by atoms with van der Waals surface area (Å²) in [4.78, 5) is 0. The summed E-state index contributed by atoms with van der Waals surface area (Å²) < 4.78 is 0. The molecular formula is C20H32N2. The van der Waals surface area contributed by atoms with Gasteiger partial charge in [0.2, 0.25) is 0 Å². The van der Waals surface area contributed by atoms with Gasteiger partial charge in [-0.05, 0) is 41.8 Å². The third-order valence-corrected chi connectivity index (χ3v) is 3.01. The smallest absolute Gasteiger partial charge is 0.102 e. The van der Waals surface area contributed by atoms with Crippen molar-refractivity contribution in [1.29, 1.82) is 5.26 Å². The fourth-order valence-electron chi connectivity index (χ4n) is 2.22. The lowest BCUT2D eigenvalue weighted by atomic mass is 9.95. The monoisotopic (exact) mass is 300 g/mol. The van der Waals surface area contributed by atoms with Crippen LogP contribution in [0.25, 0.3) is 10.8 Å². The molecule has 0 saturated carbocycles. The SMILES string of the molecule is CC.CC.CC.CNc1cc2cccc(C)c2c(C)c1C#N. The van der Waals surface area contributed by atoms with E-state index in [9.17, 15) is 5.26 Å². The van der Waals surface area contributed by atoms with E-state index in [-0.39, 0.29) is 0 Å². The van der Waals surface area contributed by atoms with Gasteiger partial charge in [0.15, 0.2) is 0 Å². The van der Waals surface area contributed by atoms with Gasteiger partial charge >= 0.3 is 0 Å². The van der Waals surface area contributed by atoms with Crippen LogP contribution >= 0.6 is 0 Å². The van der Waals surface area contributed by atoms with E-state index < -0.39 is 0 Å². The topological polar surface area (TPSA) is 35.8 Å². The zero-order chi connectivity index (χ0) is 17.7. The van der Waals surface area contributed by atoms with E-state index in [2.05, 4.69) is 30.4 Å². The number of nitrogens with zero attached hydrogens (tertiary/aromatic N) is 1. The van der Waals surface area contributed by atoms with Crippen LogP contribution in [-0.2, 0) is 0 Å². The van der Waals surface area contributed by atoms with Gasteiger partial charge in [-0.15, -0.1) is 0 Å². The van der Waals surface area contributed by atoms with E-state index in [1.165, 1.54) is 16.3 Å². The molecule has 0 saturated heterocycles. The van der Waals surface area contributed by atoms with Crippen molar-refractivity contribution in [3.63, 3.8) is 0 Å². The Hall–Kier alpha value is -2.01. The Bertz CT molecular complexity index is 593. The summed E-state index contributed by atoms with van der Waals surface area (Å²) >= 11 is 0. The molecule has 0 aliphatic rings. The molecule has 0 spiro atoms. The fraction of sp³-hybridized carbons (Fsp3) is 0.450. The van der Waals surface area contributed by atoms with E-state index in [0.29, 0.717) is 0 Å². The Morgan fingerprint density at radius 1 is 0.955 bits per heavy atom. The molecule has 0 aromatic heterocycles. The number of hydrogen-bond donors (Lipinski definition) is 1. The number of hydrogen-bond acceptors (Lipinski definition) is 2. The van der Waals surface area contributed by atoms with Gasteiger partial charge < -0.3 is 5.32 Å². The molecule has 2 rings (SSSR count). The van der Waals surface area contributed by atoms with E-state index >= 15 is 0 Å². The maximum atomic E-state index is 9.19. The highest BCUT2D eigenvalue weighted by atomic mass is 14.8. The number of aryl methyl sites for hydroxylation is 2. The second kappa shape index (κ2) is 12.7. The lowest BCUT2D eigenvalue weighted by molar-refractivity contribution is 1.38. The summed E-state index contributed by atoms with van der Waals surface area (Å²) in [5, 5.41) is 14.6. The Morgan fingerprint density at radius 2 is 1.50 bits per heavy atom. The maximum Gasteiger partial charge on any atom is 0.102 e. The maximum absolute atomic E-state index is 9.19. The predicted molar refractivity (Wildman–Crippen MR) is 102 cm³/mol. The van der Waals surface area contributed by atoms with Gasteiger partial charge in [-0.2, -0.15) is 5.26 Å². The van der Waals surface area contributed by atoms with Crippen LogP contribution in [0.2, 0.25) is 0 Å². The van der Waals surface area contributed by atoms with E-state index in [1.54, 1.807) is 0 Å². The van der Waals surface area contributed by atoms with Crippen LogP contribution < -0.4 is 5.32 Å². The quantitative estimate of drug-likeness (QED) is 0.657. The molecule has 2 heteroatoms. The lowest BCUT2D eigenvalue weighted by Crippen LogP contribution is -1.96. The van der Waals surface area contributed by atoms with Crippen molar-refractivity contribution in [1.82, 2.24) is 0 Å². The number of rotatable bonds is 1. The standard InChI is InChI=1S/C14H14N2.3C2H6/c1-9-5-4-6-11-7-13(16-3)12(8-15)10(2)14(9)11;3*1-2/h4-7,16H,1-3H3;3*1-2H3. The third kappa shape index (κ3) is 5.07. The largest absolute Gasteiger partial charge is 0.387 e. The van der Waals surface area contributed by atoms with Crippen LogP contribution in [0, 0.1) is 25.2 Å². The second-order valence-electron chi connectivity index (χ2n) is 3.96. The third-order valence-electron chi connectivity index (χ3n) is 3.01. The molecule has 2 nitrogen and oxygen atoms in total. The minimum absolute atomic E-state index is 0.740.